The van der Waals surface area contributed by atoms with Crippen LogP contribution in [0.2, 0.25) is 0 Å². The van der Waals surface area contributed by atoms with Gasteiger partial charge in [0.05, 0.1) is 13.2 Å². The maximum absolute atomic E-state index is 11.6. The molecule has 0 bridgehead atoms. The van der Waals surface area contributed by atoms with Gasteiger partial charge in [-0.3, -0.25) is 18.7 Å². The summed E-state index contributed by atoms with van der Waals surface area (Å²) in [6.07, 6.45) is 22.6. The van der Waals surface area contributed by atoms with Crippen LogP contribution in [0.1, 0.15) is 168 Å². The molecule has 52 heavy (non-hydrogen) atoms. The number of aliphatic carboxylic acids is 2. The zero-order valence-electron chi connectivity index (χ0n) is 32.1. The molecule has 14 nitrogen and oxygen atoms in total. The van der Waals surface area contributed by atoms with Crippen molar-refractivity contribution in [2.75, 3.05) is 13.2 Å². The molecule has 0 aromatic carbocycles. The summed E-state index contributed by atoms with van der Waals surface area (Å²) in [4.78, 5) is 44.0. The minimum absolute atomic E-state index is 0. The number of carbonyl (C=O) groups is 4. The van der Waals surface area contributed by atoms with E-state index >= 15 is 0 Å². The van der Waals surface area contributed by atoms with Gasteiger partial charge in [0.2, 0.25) is 0 Å². The van der Waals surface area contributed by atoms with Crippen LogP contribution < -0.4 is 69.3 Å². The molecule has 0 saturated carbocycles. The Hall–Kier alpha value is -0.300. The molecule has 18 heteroatoms. The van der Waals surface area contributed by atoms with E-state index in [4.69, 9.17) is 18.6 Å². The molecule has 0 fully saturated rings. The Morgan fingerprint density at radius 1 is 0.462 bits per heavy atom. The zero-order valence-corrected chi connectivity index (χ0v) is 37.8. The molecule has 0 aliphatic heterocycles. The first-order valence-corrected chi connectivity index (χ1v) is 21.2. The Morgan fingerprint density at radius 3 is 0.865 bits per heavy atom. The summed E-state index contributed by atoms with van der Waals surface area (Å²) in [5, 5.41) is 16.6. The molecule has 0 aromatic rings. The van der Waals surface area contributed by atoms with E-state index in [1.54, 1.807) is 0 Å². The Labute approximate surface area is 356 Å². The average molecular weight is 805 g/mol. The van der Waals surface area contributed by atoms with Gasteiger partial charge in [0.15, 0.2) is 10.5 Å². The zero-order chi connectivity index (χ0) is 38.3. The smallest absolute Gasteiger partial charge is 0.550 e. The van der Waals surface area contributed by atoms with Crippen molar-refractivity contribution in [1.82, 2.24) is 0 Å². The quantitative estimate of drug-likeness (QED) is 0.0340. The van der Waals surface area contributed by atoms with Crippen LogP contribution in [0, 0.1) is 0 Å². The maximum Gasteiger partial charge on any atom is 1.00 e. The van der Waals surface area contributed by atoms with E-state index in [1.807, 2.05) is 0 Å². The summed E-state index contributed by atoms with van der Waals surface area (Å²) in [5.41, 5.74) is 0. The molecule has 2 N–H and O–H groups in total. The number of carboxylic acids is 2. The van der Waals surface area contributed by atoms with Gasteiger partial charge >= 0.3 is 71.1 Å². The largest absolute Gasteiger partial charge is 1.00 e. The predicted octanol–water partition coefficient (Wildman–Crippen LogP) is -1.52. The van der Waals surface area contributed by atoms with Gasteiger partial charge in [-0.25, -0.2) is 0 Å². The van der Waals surface area contributed by atoms with E-state index in [9.17, 15) is 46.2 Å². The van der Waals surface area contributed by atoms with Crippen LogP contribution in [-0.2, 0) is 48.9 Å². The van der Waals surface area contributed by atoms with Gasteiger partial charge in [-0.2, -0.15) is 16.8 Å². The third kappa shape index (κ3) is 38.0. The second kappa shape index (κ2) is 37.6. The summed E-state index contributed by atoms with van der Waals surface area (Å²) in [5.74, 6) is -5.99. The van der Waals surface area contributed by atoms with Crippen molar-refractivity contribution in [1.29, 1.82) is 0 Å². The standard InChI is InChI=1S/2C17H32O7S.2Na/c2*1-2-3-4-5-6-7-8-9-10-11-12-13-24-17(20)15(14-16(18)19)25(21,22)23;;/h2*15H,2-14H2,1H3,(H,18,19)(H,21,22,23);;/q;;2*+1/p-2. The van der Waals surface area contributed by atoms with Gasteiger partial charge in [-0.05, 0) is 12.8 Å². The Bertz CT molecular complexity index is 1050. The molecule has 0 aliphatic rings. The van der Waals surface area contributed by atoms with Gasteiger partial charge < -0.3 is 29.3 Å². The van der Waals surface area contributed by atoms with Crippen LogP contribution in [0.25, 0.3) is 0 Å². The fourth-order valence-electron chi connectivity index (χ4n) is 4.99. The number of hydrogen-bond acceptors (Lipinski definition) is 12. The Kier molecular flexibility index (Phi) is 42.3. The number of unbranched alkanes of at least 4 members (excludes halogenated alkanes) is 20. The average Bonchev–Trinajstić information content (AvgIpc) is 3.02. The number of rotatable bonds is 32. The monoisotopic (exact) mass is 804 g/mol. The first kappa shape index (κ1) is 58.4. The molecule has 0 aromatic heterocycles. The number of hydrogen-bond donors (Lipinski definition) is 2. The van der Waals surface area contributed by atoms with E-state index in [1.165, 1.54) is 89.9 Å². The second-order valence-electron chi connectivity index (χ2n) is 12.6. The van der Waals surface area contributed by atoms with Crippen molar-refractivity contribution in [3.63, 3.8) is 0 Å². The first-order chi connectivity index (χ1) is 23.6. The molecule has 296 valence electrons. The van der Waals surface area contributed by atoms with E-state index < -0.39 is 67.5 Å². The molecular formula is C34H62Na2O14S2. The Morgan fingerprint density at radius 2 is 0.673 bits per heavy atom. The van der Waals surface area contributed by atoms with Crippen molar-refractivity contribution in [2.45, 2.75) is 178 Å². The van der Waals surface area contributed by atoms with Crippen LogP contribution in [0.5, 0.6) is 0 Å². The molecule has 0 amide bonds. The van der Waals surface area contributed by atoms with Crippen LogP contribution in [0.3, 0.4) is 0 Å². The van der Waals surface area contributed by atoms with Gasteiger partial charge in [0.1, 0.15) is 0 Å². The molecule has 0 saturated heterocycles. The summed E-state index contributed by atoms with van der Waals surface area (Å²) < 4.78 is 71.2. The minimum Gasteiger partial charge on any atom is -0.550 e. The van der Waals surface area contributed by atoms with Crippen molar-refractivity contribution < 1.29 is 124 Å². The third-order valence-corrected chi connectivity index (χ3v) is 10.1. The van der Waals surface area contributed by atoms with Crippen LogP contribution in [-0.4, -0.2) is 73.5 Å². The number of esters is 2. The molecule has 0 heterocycles. The van der Waals surface area contributed by atoms with Crippen LogP contribution in [0.4, 0.5) is 0 Å². The van der Waals surface area contributed by atoms with Crippen molar-refractivity contribution in [3.8, 4) is 0 Å². The number of carbonyl (C=O) groups excluding carboxylic acids is 4. The first-order valence-electron chi connectivity index (χ1n) is 18.2. The summed E-state index contributed by atoms with van der Waals surface area (Å²) in [6, 6.07) is 0. The predicted molar refractivity (Wildman–Crippen MR) is 185 cm³/mol. The SMILES string of the molecule is CCCCCCCCCCCCCOC(=O)C(CC(=O)[O-])S(=O)(=O)O.CCCCCCCCCCCCCOC(=O)C(CC(=O)[O-])S(=O)(=O)O.[Na+].[Na+]. The van der Waals surface area contributed by atoms with E-state index in [0.717, 1.165) is 38.5 Å². The summed E-state index contributed by atoms with van der Waals surface area (Å²) >= 11 is 0. The van der Waals surface area contributed by atoms with Crippen molar-refractivity contribution in [3.05, 3.63) is 0 Å². The normalized spacial score (nSPS) is 12.2. The van der Waals surface area contributed by atoms with E-state index in [2.05, 4.69) is 13.8 Å². The van der Waals surface area contributed by atoms with Crippen LogP contribution >= 0.6 is 0 Å². The molecule has 2 unspecified atom stereocenters. The molecule has 0 aliphatic carbocycles. The molecule has 0 radical (unpaired) electrons. The number of ether oxygens (including phenoxy) is 2. The minimum atomic E-state index is -4.82. The molecule has 2 atom stereocenters. The maximum atomic E-state index is 11.6. The van der Waals surface area contributed by atoms with Gasteiger partial charge in [-0.15, -0.1) is 0 Å². The Balaban J connectivity index is -0.000000427. The third-order valence-electron chi connectivity index (χ3n) is 7.93. The summed E-state index contributed by atoms with van der Waals surface area (Å²) in [6.45, 7) is 4.41. The second-order valence-corrected chi connectivity index (χ2v) is 15.8. The van der Waals surface area contributed by atoms with Crippen molar-refractivity contribution in [2.24, 2.45) is 0 Å². The number of carboxylic acid groups (broad SMARTS) is 2. The molecule has 0 spiro atoms. The van der Waals surface area contributed by atoms with Gasteiger partial charge in [0.25, 0.3) is 20.2 Å². The van der Waals surface area contributed by atoms with Gasteiger partial charge in [-0.1, -0.05) is 142 Å². The van der Waals surface area contributed by atoms with Crippen LogP contribution in [0.15, 0.2) is 0 Å². The topological polar surface area (TPSA) is 242 Å². The fraction of sp³-hybridized carbons (Fsp3) is 0.882. The molecular weight excluding hydrogens is 742 g/mol. The van der Waals surface area contributed by atoms with E-state index in [0.29, 0.717) is 12.8 Å². The fourth-order valence-corrected chi connectivity index (χ4v) is 6.30. The van der Waals surface area contributed by atoms with Crippen molar-refractivity contribution >= 4 is 44.1 Å². The van der Waals surface area contributed by atoms with E-state index in [-0.39, 0.29) is 72.3 Å². The summed E-state index contributed by atoms with van der Waals surface area (Å²) in [7, 11) is -9.64. The van der Waals surface area contributed by atoms with Gasteiger partial charge in [0, 0.05) is 24.8 Å². The molecule has 0 rings (SSSR count).